The molecule has 1 saturated carbocycles. The van der Waals surface area contributed by atoms with Gasteiger partial charge in [-0.3, -0.25) is 9.89 Å². The predicted octanol–water partition coefficient (Wildman–Crippen LogP) is 4.69. The molecular weight excluding hydrogens is 468 g/mol. The van der Waals surface area contributed by atoms with E-state index in [1.807, 2.05) is 0 Å². The minimum atomic E-state index is -1.09. The molecule has 0 saturated heterocycles. The molecule has 1 amide bonds. The third-order valence-corrected chi connectivity index (χ3v) is 6.57. The lowest BCUT2D eigenvalue weighted by Gasteiger charge is -2.24. The summed E-state index contributed by atoms with van der Waals surface area (Å²) in [6.45, 7) is 1.78. The van der Waals surface area contributed by atoms with Crippen LogP contribution in [0.3, 0.4) is 0 Å². The number of rotatable bonds is 7. The molecule has 1 aromatic carbocycles. The van der Waals surface area contributed by atoms with Gasteiger partial charge >= 0.3 is 0 Å². The fourth-order valence-electron chi connectivity index (χ4n) is 4.22. The second-order valence-corrected chi connectivity index (χ2v) is 8.71. The van der Waals surface area contributed by atoms with Crippen LogP contribution in [0.15, 0.2) is 30.6 Å². The van der Waals surface area contributed by atoms with Gasteiger partial charge in [0.25, 0.3) is 0 Å². The number of hydrogen-bond donors (Lipinski definition) is 2. The Morgan fingerprint density at radius 3 is 2.79 bits per heavy atom. The first-order chi connectivity index (χ1) is 16.3. The fourth-order valence-corrected chi connectivity index (χ4v) is 4.53. The maximum absolute atomic E-state index is 15.7. The average molecular weight is 490 g/mol. The van der Waals surface area contributed by atoms with Crippen molar-refractivity contribution in [1.29, 1.82) is 0 Å². The summed E-state index contributed by atoms with van der Waals surface area (Å²) in [5.41, 5.74) is 2.42. The monoisotopic (exact) mass is 489 g/mol. The van der Waals surface area contributed by atoms with Gasteiger partial charge in [0.2, 0.25) is 5.91 Å². The Morgan fingerprint density at radius 2 is 2.12 bits per heavy atom. The van der Waals surface area contributed by atoms with Gasteiger partial charge in [-0.15, -0.1) is 0 Å². The largest absolute Gasteiger partial charge is 0.379 e. The Kier molecular flexibility index (Phi) is 5.75. The van der Waals surface area contributed by atoms with Gasteiger partial charge in [0.15, 0.2) is 11.6 Å². The number of carbonyl (C=O) groups is 1. The van der Waals surface area contributed by atoms with Crippen molar-refractivity contribution in [3.05, 3.63) is 47.0 Å². The molecule has 0 spiro atoms. The third-order valence-electron chi connectivity index (χ3n) is 6.22. The first kappa shape index (κ1) is 22.7. The summed E-state index contributed by atoms with van der Waals surface area (Å²) >= 11 is 6.57. The lowest BCUT2D eigenvalue weighted by Crippen LogP contribution is -2.21. The van der Waals surface area contributed by atoms with Crippen LogP contribution in [0.5, 0.6) is 0 Å². The number of H-pyrrole nitrogens is 1. The number of nitrogens with zero attached hydrogens (tertiary/aromatic N) is 3. The van der Waals surface area contributed by atoms with E-state index in [1.165, 1.54) is 14.2 Å². The van der Waals surface area contributed by atoms with Crippen LogP contribution in [0.2, 0.25) is 5.02 Å². The van der Waals surface area contributed by atoms with E-state index >= 15 is 4.39 Å². The Hall–Kier alpha value is -3.08. The molecule has 5 rings (SSSR count). The van der Waals surface area contributed by atoms with Crippen molar-refractivity contribution in [2.45, 2.75) is 31.7 Å². The van der Waals surface area contributed by atoms with E-state index in [0.717, 1.165) is 0 Å². The zero-order chi connectivity index (χ0) is 24.1. The summed E-state index contributed by atoms with van der Waals surface area (Å²) < 4.78 is 41.3. The molecule has 1 aliphatic carbocycles. The molecule has 3 aromatic heterocycles. The molecule has 34 heavy (non-hydrogen) atoms. The van der Waals surface area contributed by atoms with Crippen molar-refractivity contribution < 1.29 is 23.0 Å². The van der Waals surface area contributed by atoms with Crippen LogP contribution in [0.25, 0.3) is 27.5 Å². The maximum Gasteiger partial charge on any atom is 0.231 e. The van der Waals surface area contributed by atoms with Gasteiger partial charge in [-0.05, 0) is 31.0 Å². The summed E-state index contributed by atoms with van der Waals surface area (Å²) in [5, 5.41) is 14.5. The zero-order valence-electron chi connectivity index (χ0n) is 18.6. The van der Waals surface area contributed by atoms with E-state index < -0.39 is 36.0 Å². The normalized spacial score (nSPS) is 19.5. The molecule has 4 aromatic rings. The molecule has 0 unspecified atom stereocenters. The number of nitrogens with one attached hydrogen (secondary N) is 2. The molecule has 4 atom stereocenters. The number of fused-ring (bicyclic) bond motifs is 2. The number of benzene rings is 1. The molecule has 0 aliphatic heterocycles. The van der Waals surface area contributed by atoms with E-state index in [4.69, 9.17) is 21.1 Å². The van der Waals surface area contributed by atoms with E-state index in [0.29, 0.717) is 33.4 Å². The lowest BCUT2D eigenvalue weighted by atomic mass is 9.95. The second-order valence-electron chi connectivity index (χ2n) is 8.33. The van der Waals surface area contributed by atoms with Crippen LogP contribution in [-0.2, 0) is 14.3 Å². The molecule has 8 nitrogen and oxygen atoms in total. The number of amides is 1. The summed E-state index contributed by atoms with van der Waals surface area (Å²) in [6, 6.07) is 5.17. The second kappa shape index (κ2) is 8.61. The molecule has 1 fully saturated rings. The summed E-state index contributed by atoms with van der Waals surface area (Å²) in [7, 11) is 3.00. The van der Waals surface area contributed by atoms with Crippen LogP contribution < -0.4 is 5.32 Å². The Balaban J connectivity index is 1.58. The van der Waals surface area contributed by atoms with E-state index in [9.17, 15) is 9.18 Å². The minimum Gasteiger partial charge on any atom is -0.379 e. The molecule has 11 heteroatoms. The number of hydrogen-bond acceptors (Lipinski definition) is 5. The van der Waals surface area contributed by atoms with Gasteiger partial charge in [-0.1, -0.05) is 11.6 Å². The number of anilines is 1. The highest BCUT2D eigenvalue weighted by Crippen LogP contribution is 2.43. The summed E-state index contributed by atoms with van der Waals surface area (Å²) in [5.74, 6) is -1.34. The van der Waals surface area contributed by atoms with Gasteiger partial charge in [-0.2, -0.15) is 10.2 Å². The van der Waals surface area contributed by atoms with Crippen molar-refractivity contribution in [2.24, 2.45) is 5.92 Å². The quantitative estimate of drug-likeness (QED) is 0.393. The van der Waals surface area contributed by atoms with Gasteiger partial charge in [0.1, 0.15) is 12.3 Å². The van der Waals surface area contributed by atoms with Crippen molar-refractivity contribution in [3.8, 4) is 11.1 Å². The van der Waals surface area contributed by atoms with E-state index in [1.54, 1.807) is 42.0 Å². The molecule has 0 bridgehead atoms. The first-order valence-electron chi connectivity index (χ1n) is 10.7. The SMILES string of the molecule is CO[C@H](C)[C@@H](OC)c1c(F)c(Cl)c(-c2ccn3nc(NC(=O)[C@@H]4C[C@@H]4F)cc3c2)c2cn[nH]c12. The average Bonchev–Trinajstić information content (AvgIpc) is 3.19. The van der Waals surface area contributed by atoms with Crippen LogP contribution in [0.1, 0.15) is 25.0 Å². The number of methoxy groups -OCH3 is 2. The van der Waals surface area contributed by atoms with Crippen molar-refractivity contribution in [1.82, 2.24) is 19.8 Å². The van der Waals surface area contributed by atoms with Crippen LogP contribution >= 0.6 is 11.6 Å². The Labute approximate surface area is 198 Å². The Morgan fingerprint density at radius 1 is 1.35 bits per heavy atom. The predicted molar refractivity (Wildman–Crippen MR) is 123 cm³/mol. The highest BCUT2D eigenvalue weighted by molar-refractivity contribution is 6.35. The molecule has 3 heterocycles. The van der Waals surface area contributed by atoms with Crippen LogP contribution in [0.4, 0.5) is 14.6 Å². The van der Waals surface area contributed by atoms with Crippen molar-refractivity contribution >= 4 is 39.7 Å². The lowest BCUT2D eigenvalue weighted by molar-refractivity contribution is -0.117. The topological polar surface area (TPSA) is 93.5 Å². The van der Waals surface area contributed by atoms with Crippen LogP contribution in [-0.4, -0.2) is 52.2 Å². The summed E-state index contributed by atoms with van der Waals surface area (Å²) in [4.78, 5) is 12.0. The zero-order valence-corrected chi connectivity index (χ0v) is 19.4. The number of pyridine rings is 1. The number of ether oxygens (including phenoxy) is 2. The van der Waals surface area contributed by atoms with E-state index in [2.05, 4.69) is 20.6 Å². The number of aromatic amines is 1. The smallest absolute Gasteiger partial charge is 0.231 e. The molecule has 1 aliphatic rings. The number of carbonyl (C=O) groups excluding carboxylic acids is 1. The van der Waals surface area contributed by atoms with E-state index in [-0.39, 0.29) is 17.0 Å². The fraction of sp³-hybridized carbons (Fsp3) is 0.348. The molecular formula is C23H22ClF2N5O3. The van der Waals surface area contributed by atoms with Crippen molar-refractivity contribution in [3.63, 3.8) is 0 Å². The first-order valence-corrected chi connectivity index (χ1v) is 11.1. The Bertz CT molecular complexity index is 1400. The molecule has 0 radical (unpaired) electrons. The highest BCUT2D eigenvalue weighted by atomic mass is 35.5. The summed E-state index contributed by atoms with van der Waals surface area (Å²) in [6.07, 6.45) is 1.25. The van der Waals surface area contributed by atoms with Gasteiger partial charge in [0, 0.05) is 43.0 Å². The highest BCUT2D eigenvalue weighted by Gasteiger charge is 2.43. The van der Waals surface area contributed by atoms with Gasteiger partial charge in [0.05, 0.1) is 34.3 Å². The molecule has 2 N–H and O–H groups in total. The number of aromatic nitrogens is 4. The minimum absolute atomic E-state index is 0.0747. The number of alkyl halides is 1. The maximum atomic E-state index is 15.7. The third kappa shape index (κ3) is 3.71. The standard InChI is InChI=1S/C23H22ClF2N5O3/c1-10(33-2)22(34-3)18-20(26)19(24)17(14-9-27-29-21(14)18)11-4-5-31-12(6-11)7-16(30-31)28-23(32)13-8-15(13)25/h4-7,9-10,13,15,22H,8H2,1-3H3,(H,27,29)(H,28,30,32)/t10-,13-,15+,22-/m1/s1. The molecule has 178 valence electrons. The van der Waals surface area contributed by atoms with Crippen molar-refractivity contribution in [2.75, 3.05) is 19.5 Å². The number of halogens is 3. The van der Waals surface area contributed by atoms with Gasteiger partial charge < -0.3 is 14.8 Å². The van der Waals surface area contributed by atoms with Crippen LogP contribution in [0, 0.1) is 11.7 Å². The van der Waals surface area contributed by atoms with Gasteiger partial charge in [-0.25, -0.2) is 13.3 Å².